The summed E-state index contributed by atoms with van der Waals surface area (Å²) in [6.45, 7) is 0.0837. The molecule has 1 heterocycles. The van der Waals surface area contributed by atoms with Crippen LogP contribution >= 0.6 is 0 Å². The largest absolute Gasteiger partial charge is 0.496 e. The number of imide groups is 1. The first kappa shape index (κ1) is 20.9. The van der Waals surface area contributed by atoms with Crippen molar-refractivity contribution in [2.75, 3.05) is 13.7 Å². The highest BCUT2D eigenvalue weighted by molar-refractivity contribution is 6.02. The molecule has 2 fully saturated rings. The van der Waals surface area contributed by atoms with E-state index in [1.807, 2.05) is 42.5 Å². The SMILES string of the molecule is COc1ccccc1C(=O)NC(c1ccccc1)C1CCC(N2C(=O)CNC2=O)CC1. The van der Waals surface area contributed by atoms with Gasteiger partial charge in [-0.1, -0.05) is 42.5 Å². The number of hydrogen-bond acceptors (Lipinski definition) is 4. The second kappa shape index (κ2) is 9.20. The normalized spacial score (nSPS) is 22.0. The van der Waals surface area contributed by atoms with Gasteiger partial charge >= 0.3 is 6.03 Å². The van der Waals surface area contributed by atoms with E-state index >= 15 is 0 Å². The van der Waals surface area contributed by atoms with Crippen molar-refractivity contribution < 1.29 is 19.1 Å². The summed E-state index contributed by atoms with van der Waals surface area (Å²) in [6.07, 6.45) is 3.09. The van der Waals surface area contributed by atoms with E-state index in [0.29, 0.717) is 11.3 Å². The Kier molecular flexibility index (Phi) is 6.21. The Hall–Kier alpha value is -3.35. The molecular weight excluding hydrogens is 394 g/mol. The smallest absolute Gasteiger partial charge is 0.324 e. The monoisotopic (exact) mass is 421 g/mol. The zero-order chi connectivity index (χ0) is 21.8. The number of carbonyl (C=O) groups is 3. The first-order chi connectivity index (χ1) is 15.1. The fraction of sp³-hybridized carbons (Fsp3) is 0.375. The number of amides is 4. The van der Waals surface area contributed by atoms with Crippen molar-refractivity contribution in [3.05, 3.63) is 65.7 Å². The standard InChI is InChI=1S/C24H27N3O4/c1-31-20-10-6-5-9-19(20)23(29)26-22(16-7-3-2-4-8-16)17-11-13-18(14-12-17)27-21(28)15-25-24(27)30/h2-10,17-18,22H,11-15H2,1H3,(H,25,30)(H,26,29). The number of carbonyl (C=O) groups excluding carboxylic acids is 3. The molecule has 2 aromatic rings. The quantitative estimate of drug-likeness (QED) is 0.701. The summed E-state index contributed by atoms with van der Waals surface area (Å²) < 4.78 is 5.35. The van der Waals surface area contributed by atoms with Crippen LogP contribution in [0.2, 0.25) is 0 Å². The second-order valence-corrected chi connectivity index (χ2v) is 8.05. The fourth-order valence-electron chi connectivity index (χ4n) is 4.68. The predicted molar refractivity (Wildman–Crippen MR) is 116 cm³/mol. The third-order valence-electron chi connectivity index (χ3n) is 6.25. The van der Waals surface area contributed by atoms with Crippen LogP contribution in [0, 0.1) is 5.92 Å². The maximum Gasteiger partial charge on any atom is 0.324 e. The molecule has 0 bridgehead atoms. The van der Waals surface area contributed by atoms with Gasteiger partial charge in [-0.25, -0.2) is 4.79 Å². The van der Waals surface area contributed by atoms with Crippen LogP contribution in [0.4, 0.5) is 4.79 Å². The molecule has 0 spiro atoms. The summed E-state index contributed by atoms with van der Waals surface area (Å²) in [5.74, 6) is 0.409. The van der Waals surface area contributed by atoms with Gasteiger partial charge in [0.05, 0.1) is 25.3 Å². The number of ether oxygens (including phenoxy) is 1. The number of para-hydroxylation sites is 1. The zero-order valence-electron chi connectivity index (χ0n) is 17.5. The lowest BCUT2D eigenvalue weighted by Gasteiger charge is -2.37. The molecular formula is C24H27N3O4. The summed E-state index contributed by atoms with van der Waals surface area (Å²) in [5, 5.41) is 5.82. The van der Waals surface area contributed by atoms with E-state index in [0.717, 1.165) is 31.2 Å². The van der Waals surface area contributed by atoms with Gasteiger partial charge in [0.25, 0.3) is 5.91 Å². The van der Waals surface area contributed by atoms with Gasteiger partial charge in [-0.3, -0.25) is 14.5 Å². The Balaban J connectivity index is 1.51. The highest BCUT2D eigenvalue weighted by Gasteiger charge is 2.38. The molecule has 1 unspecified atom stereocenters. The maximum atomic E-state index is 13.1. The molecule has 1 saturated heterocycles. The Bertz CT molecular complexity index is 938. The minimum atomic E-state index is -0.294. The molecule has 7 heteroatoms. The van der Waals surface area contributed by atoms with Crippen molar-refractivity contribution in [1.29, 1.82) is 0 Å². The lowest BCUT2D eigenvalue weighted by Crippen LogP contribution is -2.44. The van der Waals surface area contributed by atoms with Crippen molar-refractivity contribution in [3.63, 3.8) is 0 Å². The molecule has 2 aromatic carbocycles. The minimum Gasteiger partial charge on any atom is -0.496 e. The summed E-state index contributed by atoms with van der Waals surface area (Å²) in [6, 6.07) is 16.6. The van der Waals surface area contributed by atoms with Crippen molar-refractivity contribution in [2.45, 2.75) is 37.8 Å². The van der Waals surface area contributed by atoms with Gasteiger partial charge in [-0.15, -0.1) is 0 Å². The van der Waals surface area contributed by atoms with Crippen LogP contribution < -0.4 is 15.4 Å². The number of hydrogen-bond donors (Lipinski definition) is 2. The minimum absolute atomic E-state index is 0.0763. The molecule has 1 aliphatic carbocycles. The van der Waals surface area contributed by atoms with E-state index in [2.05, 4.69) is 10.6 Å². The zero-order valence-corrected chi connectivity index (χ0v) is 17.5. The van der Waals surface area contributed by atoms with Crippen LogP contribution in [-0.4, -0.2) is 42.4 Å². The van der Waals surface area contributed by atoms with E-state index < -0.39 is 0 Å². The van der Waals surface area contributed by atoms with Crippen LogP contribution in [-0.2, 0) is 4.79 Å². The summed E-state index contributed by atoms with van der Waals surface area (Å²) in [7, 11) is 1.55. The van der Waals surface area contributed by atoms with Crippen LogP contribution in [0.25, 0.3) is 0 Å². The molecule has 4 amide bonds. The number of rotatable bonds is 6. The molecule has 1 atom stereocenters. The topological polar surface area (TPSA) is 87.7 Å². The first-order valence-electron chi connectivity index (χ1n) is 10.7. The molecule has 0 aromatic heterocycles. The van der Waals surface area contributed by atoms with Gasteiger partial charge in [0, 0.05) is 6.04 Å². The highest BCUT2D eigenvalue weighted by atomic mass is 16.5. The average Bonchev–Trinajstić information content (AvgIpc) is 3.15. The fourth-order valence-corrected chi connectivity index (χ4v) is 4.68. The second-order valence-electron chi connectivity index (χ2n) is 8.05. The Morgan fingerprint density at radius 1 is 1.03 bits per heavy atom. The Morgan fingerprint density at radius 2 is 1.71 bits per heavy atom. The molecule has 31 heavy (non-hydrogen) atoms. The summed E-state index contributed by atoms with van der Waals surface area (Å²) in [4.78, 5) is 38.6. The molecule has 4 rings (SSSR count). The number of nitrogens with zero attached hydrogens (tertiary/aromatic N) is 1. The molecule has 0 radical (unpaired) electrons. The molecule has 1 aliphatic heterocycles. The van der Waals surface area contributed by atoms with Crippen LogP contribution in [0.3, 0.4) is 0 Å². The maximum absolute atomic E-state index is 13.1. The first-order valence-corrected chi connectivity index (χ1v) is 10.7. The van der Waals surface area contributed by atoms with Gasteiger partial charge in [0.15, 0.2) is 0 Å². The lowest BCUT2D eigenvalue weighted by molar-refractivity contribution is -0.127. The lowest BCUT2D eigenvalue weighted by atomic mass is 9.78. The van der Waals surface area contributed by atoms with E-state index in [1.165, 1.54) is 4.90 Å². The van der Waals surface area contributed by atoms with Gasteiger partial charge in [0.2, 0.25) is 5.91 Å². The summed E-state index contributed by atoms with van der Waals surface area (Å²) in [5.41, 5.74) is 1.54. The van der Waals surface area contributed by atoms with E-state index in [4.69, 9.17) is 4.74 Å². The number of urea groups is 1. The van der Waals surface area contributed by atoms with Gasteiger partial charge in [0.1, 0.15) is 5.75 Å². The molecule has 7 nitrogen and oxygen atoms in total. The van der Waals surface area contributed by atoms with Crippen molar-refractivity contribution in [2.24, 2.45) is 5.92 Å². The van der Waals surface area contributed by atoms with E-state index in [9.17, 15) is 14.4 Å². The molecule has 2 aliphatic rings. The molecule has 2 N–H and O–H groups in total. The van der Waals surface area contributed by atoms with E-state index in [1.54, 1.807) is 19.2 Å². The van der Waals surface area contributed by atoms with Crippen molar-refractivity contribution >= 4 is 17.8 Å². The van der Waals surface area contributed by atoms with Crippen LogP contribution in [0.1, 0.15) is 47.6 Å². The van der Waals surface area contributed by atoms with Gasteiger partial charge in [-0.05, 0) is 49.3 Å². The average molecular weight is 421 g/mol. The Labute approximate surface area is 181 Å². The van der Waals surface area contributed by atoms with Gasteiger partial charge in [-0.2, -0.15) is 0 Å². The molecule has 162 valence electrons. The van der Waals surface area contributed by atoms with Gasteiger partial charge < -0.3 is 15.4 Å². The predicted octanol–water partition coefficient (Wildman–Crippen LogP) is 3.28. The molecule has 1 saturated carbocycles. The third kappa shape index (κ3) is 4.40. The number of methoxy groups -OCH3 is 1. The van der Waals surface area contributed by atoms with Crippen LogP contribution in [0.15, 0.2) is 54.6 Å². The van der Waals surface area contributed by atoms with E-state index in [-0.39, 0.29) is 42.4 Å². The van der Waals surface area contributed by atoms with Crippen LogP contribution in [0.5, 0.6) is 5.75 Å². The summed E-state index contributed by atoms with van der Waals surface area (Å²) >= 11 is 0. The highest BCUT2D eigenvalue weighted by Crippen LogP contribution is 2.37. The number of nitrogens with one attached hydrogen (secondary N) is 2. The number of benzene rings is 2. The van der Waals surface area contributed by atoms with Crippen molar-refractivity contribution in [3.8, 4) is 5.75 Å². The Morgan fingerprint density at radius 3 is 2.35 bits per heavy atom. The third-order valence-corrected chi connectivity index (χ3v) is 6.25. The van der Waals surface area contributed by atoms with Crippen molar-refractivity contribution in [1.82, 2.24) is 15.5 Å².